The molecule has 0 saturated heterocycles. The minimum Gasteiger partial charge on any atom is -0.476 e. The van der Waals surface area contributed by atoms with Crippen LogP contribution in [0.15, 0.2) is 12.4 Å². The van der Waals surface area contributed by atoms with Crippen LogP contribution >= 0.6 is 0 Å². The molecule has 1 aromatic heterocycles. The van der Waals surface area contributed by atoms with Crippen LogP contribution in [0.2, 0.25) is 0 Å². The lowest BCUT2D eigenvalue weighted by Crippen LogP contribution is -2.33. The Kier molecular flexibility index (Phi) is 3.71. The predicted octanol–water partition coefficient (Wildman–Crippen LogP) is 1.38. The third kappa shape index (κ3) is 3.01. The smallest absolute Gasteiger partial charge is 0.356 e. The second-order valence-corrected chi connectivity index (χ2v) is 5.50. The van der Waals surface area contributed by atoms with E-state index < -0.39 is 5.97 Å². The molecule has 104 valence electrons. The maximum atomic E-state index is 10.6. The molecule has 1 aliphatic carbocycles. The van der Waals surface area contributed by atoms with Crippen molar-refractivity contribution in [2.75, 3.05) is 11.9 Å². The molecule has 1 aromatic rings. The second-order valence-electron chi connectivity index (χ2n) is 5.50. The highest BCUT2D eigenvalue weighted by molar-refractivity contribution is 5.84. The van der Waals surface area contributed by atoms with E-state index in [1.54, 1.807) is 0 Å². The molecule has 0 spiro atoms. The van der Waals surface area contributed by atoms with Crippen molar-refractivity contribution in [3.8, 4) is 0 Å². The van der Waals surface area contributed by atoms with Crippen LogP contribution in [0.1, 0.15) is 37.2 Å². The van der Waals surface area contributed by atoms with Crippen LogP contribution < -0.4 is 5.32 Å². The largest absolute Gasteiger partial charge is 0.476 e. The molecule has 6 nitrogen and oxygen atoms in total. The van der Waals surface area contributed by atoms with E-state index in [1.165, 1.54) is 12.4 Å². The van der Waals surface area contributed by atoms with E-state index in [0.29, 0.717) is 12.4 Å². The normalized spacial score (nSPS) is 18.1. The first kappa shape index (κ1) is 13.7. The fourth-order valence-corrected chi connectivity index (χ4v) is 2.24. The third-order valence-electron chi connectivity index (χ3n) is 3.64. The molecule has 3 N–H and O–H groups in total. The third-order valence-corrected chi connectivity index (χ3v) is 3.64. The van der Waals surface area contributed by atoms with Gasteiger partial charge in [-0.05, 0) is 18.8 Å². The van der Waals surface area contributed by atoms with Crippen molar-refractivity contribution >= 4 is 11.8 Å². The summed E-state index contributed by atoms with van der Waals surface area (Å²) in [7, 11) is 0. The zero-order chi connectivity index (χ0) is 14.0. The summed E-state index contributed by atoms with van der Waals surface area (Å²) >= 11 is 0. The van der Waals surface area contributed by atoms with Crippen molar-refractivity contribution in [2.24, 2.45) is 11.3 Å². The van der Waals surface area contributed by atoms with Gasteiger partial charge in [0.05, 0.1) is 18.5 Å². The topological polar surface area (TPSA) is 95.3 Å². The molecule has 0 amide bonds. The van der Waals surface area contributed by atoms with Gasteiger partial charge in [0.25, 0.3) is 0 Å². The highest BCUT2D eigenvalue weighted by atomic mass is 16.4. The summed E-state index contributed by atoms with van der Waals surface area (Å²) in [5.41, 5.74) is -0.143. The molecule has 6 heteroatoms. The molecular weight excluding hydrogens is 246 g/mol. The van der Waals surface area contributed by atoms with Crippen LogP contribution in [-0.4, -0.2) is 38.8 Å². The fourth-order valence-electron chi connectivity index (χ4n) is 2.24. The number of anilines is 1. The van der Waals surface area contributed by atoms with Crippen molar-refractivity contribution in [1.82, 2.24) is 9.97 Å². The lowest BCUT2D eigenvalue weighted by atomic mass is 9.90. The Bertz CT molecular complexity index is 455. The van der Waals surface area contributed by atoms with Crippen LogP contribution in [0.3, 0.4) is 0 Å². The Balaban J connectivity index is 1.94. The molecule has 0 bridgehead atoms. The van der Waals surface area contributed by atoms with Crippen LogP contribution in [0.5, 0.6) is 0 Å². The number of nitrogens with one attached hydrogen (secondary N) is 1. The molecule has 0 radical (unpaired) electrons. The van der Waals surface area contributed by atoms with Gasteiger partial charge in [-0.2, -0.15) is 0 Å². The highest BCUT2D eigenvalue weighted by Gasteiger charge is 2.49. The number of carboxylic acids is 1. The van der Waals surface area contributed by atoms with Gasteiger partial charge in [0.15, 0.2) is 5.69 Å². The number of carboxylic acid groups (broad SMARTS) is 1. The van der Waals surface area contributed by atoms with Crippen molar-refractivity contribution < 1.29 is 15.0 Å². The Morgan fingerprint density at radius 3 is 2.53 bits per heavy atom. The van der Waals surface area contributed by atoms with E-state index in [0.717, 1.165) is 12.8 Å². The number of aliphatic hydroxyl groups excluding tert-OH is 1. The molecule has 2 rings (SSSR count). The maximum absolute atomic E-state index is 10.6. The van der Waals surface area contributed by atoms with Gasteiger partial charge in [0, 0.05) is 12.0 Å². The Hall–Kier alpha value is -1.69. The maximum Gasteiger partial charge on any atom is 0.356 e. The number of aromatic nitrogens is 2. The van der Waals surface area contributed by atoms with Crippen LogP contribution in [-0.2, 0) is 0 Å². The molecule has 0 aliphatic heterocycles. The summed E-state index contributed by atoms with van der Waals surface area (Å²) in [5, 5.41) is 22.0. The second kappa shape index (κ2) is 5.13. The van der Waals surface area contributed by atoms with E-state index >= 15 is 0 Å². The SMILES string of the molecule is CC(C)C(O)C1(CNc2cnc(C(=O)O)cn2)CC1. The molecule has 1 saturated carbocycles. The zero-order valence-electron chi connectivity index (χ0n) is 11.1. The van der Waals surface area contributed by atoms with Gasteiger partial charge < -0.3 is 15.5 Å². The summed E-state index contributed by atoms with van der Waals surface area (Å²) in [5.74, 6) is -0.329. The van der Waals surface area contributed by atoms with E-state index in [2.05, 4.69) is 15.3 Å². The van der Waals surface area contributed by atoms with Gasteiger partial charge in [-0.1, -0.05) is 13.8 Å². The predicted molar refractivity (Wildman–Crippen MR) is 70.0 cm³/mol. The minimum absolute atomic E-state index is 0.0681. The highest BCUT2D eigenvalue weighted by Crippen LogP contribution is 2.50. The summed E-state index contributed by atoms with van der Waals surface area (Å²) in [6, 6.07) is 0. The fraction of sp³-hybridized carbons (Fsp3) is 0.615. The first-order valence-corrected chi connectivity index (χ1v) is 6.42. The van der Waals surface area contributed by atoms with Gasteiger partial charge in [-0.15, -0.1) is 0 Å². The number of rotatable bonds is 6. The molecule has 0 aromatic carbocycles. The van der Waals surface area contributed by atoms with Crippen molar-refractivity contribution in [1.29, 1.82) is 0 Å². The molecular formula is C13H19N3O3. The number of carbonyl (C=O) groups is 1. The molecule has 1 atom stereocenters. The summed E-state index contributed by atoms with van der Waals surface area (Å²) in [4.78, 5) is 18.4. The van der Waals surface area contributed by atoms with Gasteiger partial charge in [-0.3, -0.25) is 0 Å². The Morgan fingerprint density at radius 1 is 1.42 bits per heavy atom. The van der Waals surface area contributed by atoms with E-state index in [1.807, 2.05) is 13.8 Å². The monoisotopic (exact) mass is 265 g/mol. The van der Waals surface area contributed by atoms with Crippen LogP contribution in [0, 0.1) is 11.3 Å². The van der Waals surface area contributed by atoms with Crippen LogP contribution in [0.4, 0.5) is 5.82 Å². The Labute approximate surface area is 111 Å². The zero-order valence-corrected chi connectivity index (χ0v) is 11.1. The number of hydrogen-bond donors (Lipinski definition) is 3. The summed E-state index contributed by atoms with van der Waals surface area (Å²) in [6.07, 6.45) is 4.30. The van der Waals surface area contributed by atoms with E-state index in [-0.39, 0.29) is 23.1 Å². The standard InChI is InChI=1S/C13H19N3O3/c1-8(2)11(17)13(3-4-13)7-16-10-6-14-9(5-15-10)12(18)19/h5-6,8,11,17H,3-4,7H2,1-2H3,(H,15,16)(H,18,19). The van der Waals surface area contributed by atoms with E-state index in [4.69, 9.17) is 5.11 Å². The van der Waals surface area contributed by atoms with E-state index in [9.17, 15) is 9.90 Å². The van der Waals surface area contributed by atoms with Crippen molar-refractivity contribution in [3.05, 3.63) is 18.1 Å². The van der Waals surface area contributed by atoms with Crippen molar-refractivity contribution in [2.45, 2.75) is 32.8 Å². The number of nitrogens with zero attached hydrogens (tertiary/aromatic N) is 2. The summed E-state index contributed by atoms with van der Waals surface area (Å²) in [6.45, 7) is 4.64. The minimum atomic E-state index is -1.09. The number of hydrogen-bond acceptors (Lipinski definition) is 5. The lowest BCUT2D eigenvalue weighted by molar-refractivity contribution is 0.0567. The average molecular weight is 265 g/mol. The quantitative estimate of drug-likeness (QED) is 0.719. The summed E-state index contributed by atoms with van der Waals surface area (Å²) < 4.78 is 0. The molecule has 1 aliphatic rings. The van der Waals surface area contributed by atoms with Gasteiger partial charge in [0.2, 0.25) is 0 Å². The number of aliphatic hydroxyl groups is 1. The van der Waals surface area contributed by atoms with Crippen LogP contribution in [0.25, 0.3) is 0 Å². The van der Waals surface area contributed by atoms with Gasteiger partial charge in [0.1, 0.15) is 5.82 Å². The van der Waals surface area contributed by atoms with Gasteiger partial charge in [-0.25, -0.2) is 14.8 Å². The molecule has 1 fully saturated rings. The first-order valence-electron chi connectivity index (χ1n) is 6.42. The first-order chi connectivity index (χ1) is 8.94. The lowest BCUT2D eigenvalue weighted by Gasteiger charge is -2.25. The number of aromatic carboxylic acids is 1. The molecule has 1 heterocycles. The Morgan fingerprint density at radius 2 is 2.11 bits per heavy atom. The molecule has 1 unspecified atom stereocenters. The van der Waals surface area contributed by atoms with Gasteiger partial charge >= 0.3 is 5.97 Å². The average Bonchev–Trinajstić information content (AvgIpc) is 3.17. The van der Waals surface area contributed by atoms with Crippen molar-refractivity contribution in [3.63, 3.8) is 0 Å². The molecule has 19 heavy (non-hydrogen) atoms.